The molecule has 1 atom stereocenters. The lowest BCUT2D eigenvalue weighted by atomic mass is 10.1. The first-order valence-electron chi connectivity index (χ1n) is 5.79. The molecule has 1 rings (SSSR count). The standard InChI is InChI=1S/C13H17NO4/c1-2-18-13(17)11(8-12(15)16)14-9-10-6-4-3-5-7-10/h3-7,11,14H,2,8-9H2,1H3,(H,15,16)/t11-/m0/s1. The summed E-state index contributed by atoms with van der Waals surface area (Å²) in [6, 6.07) is 8.64. The van der Waals surface area contributed by atoms with Crippen molar-refractivity contribution in [3.8, 4) is 0 Å². The molecule has 0 aromatic heterocycles. The maximum atomic E-state index is 11.6. The van der Waals surface area contributed by atoms with Crippen molar-refractivity contribution in [1.82, 2.24) is 5.32 Å². The van der Waals surface area contributed by atoms with E-state index in [4.69, 9.17) is 9.84 Å². The van der Waals surface area contributed by atoms with Crippen LogP contribution >= 0.6 is 0 Å². The molecule has 1 aromatic carbocycles. The average Bonchev–Trinajstić information content (AvgIpc) is 2.35. The van der Waals surface area contributed by atoms with Crippen molar-refractivity contribution in [3.05, 3.63) is 35.9 Å². The number of carboxylic acid groups (broad SMARTS) is 1. The highest BCUT2D eigenvalue weighted by Crippen LogP contribution is 2.02. The van der Waals surface area contributed by atoms with Crippen LogP contribution in [0, 0.1) is 0 Å². The van der Waals surface area contributed by atoms with E-state index in [1.165, 1.54) is 0 Å². The van der Waals surface area contributed by atoms with Gasteiger partial charge in [0.1, 0.15) is 6.04 Å². The highest BCUT2D eigenvalue weighted by Gasteiger charge is 2.22. The quantitative estimate of drug-likeness (QED) is 0.712. The molecule has 1 aromatic rings. The van der Waals surface area contributed by atoms with Crippen molar-refractivity contribution in [2.45, 2.75) is 25.9 Å². The molecule has 0 saturated carbocycles. The zero-order valence-electron chi connectivity index (χ0n) is 10.3. The van der Waals surface area contributed by atoms with Crippen LogP contribution < -0.4 is 5.32 Å². The van der Waals surface area contributed by atoms with Crippen LogP contribution in [0.1, 0.15) is 18.9 Å². The van der Waals surface area contributed by atoms with Crippen molar-refractivity contribution >= 4 is 11.9 Å². The predicted molar refractivity (Wildman–Crippen MR) is 66.0 cm³/mol. The van der Waals surface area contributed by atoms with Crippen LogP contribution in [0.15, 0.2) is 30.3 Å². The minimum Gasteiger partial charge on any atom is -0.481 e. The molecule has 5 heteroatoms. The van der Waals surface area contributed by atoms with Crippen LogP contribution in [-0.4, -0.2) is 29.7 Å². The monoisotopic (exact) mass is 251 g/mol. The maximum absolute atomic E-state index is 11.6. The Morgan fingerprint density at radius 3 is 2.56 bits per heavy atom. The zero-order chi connectivity index (χ0) is 13.4. The fourth-order valence-electron chi connectivity index (χ4n) is 1.49. The molecule has 0 bridgehead atoms. The molecular weight excluding hydrogens is 234 g/mol. The van der Waals surface area contributed by atoms with Crippen molar-refractivity contribution in [2.24, 2.45) is 0 Å². The molecule has 0 fully saturated rings. The highest BCUT2D eigenvalue weighted by molar-refractivity contribution is 5.81. The molecule has 0 unspecified atom stereocenters. The summed E-state index contributed by atoms with van der Waals surface area (Å²) in [5, 5.41) is 11.6. The summed E-state index contributed by atoms with van der Waals surface area (Å²) in [6.45, 7) is 2.35. The number of nitrogens with one attached hydrogen (secondary N) is 1. The second kappa shape index (κ2) is 7.45. The summed E-state index contributed by atoms with van der Waals surface area (Å²) >= 11 is 0. The van der Waals surface area contributed by atoms with E-state index in [1.807, 2.05) is 30.3 Å². The predicted octanol–water partition coefficient (Wildman–Crippen LogP) is 1.18. The second-order valence-electron chi connectivity index (χ2n) is 3.77. The van der Waals surface area contributed by atoms with Crippen molar-refractivity contribution in [1.29, 1.82) is 0 Å². The Labute approximate surface area is 106 Å². The Morgan fingerprint density at radius 2 is 2.00 bits per heavy atom. The molecule has 18 heavy (non-hydrogen) atoms. The molecular formula is C13H17NO4. The average molecular weight is 251 g/mol. The van der Waals surface area contributed by atoms with E-state index in [0.717, 1.165) is 5.56 Å². The number of hydrogen-bond acceptors (Lipinski definition) is 4. The third kappa shape index (κ3) is 4.97. The lowest BCUT2D eigenvalue weighted by molar-refractivity contribution is -0.150. The van der Waals surface area contributed by atoms with Crippen molar-refractivity contribution < 1.29 is 19.4 Å². The summed E-state index contributed by atoms with van der Waals surface area (Å²) in [5.41, 5.74) is 0.984. The number of carboxylic acids is 1. The van der Waals surface area contributed by atoms with Gasteiger partial charge in [0.25, 0.3) is 0 Å². The summed E-state index contributed by atoms with van der Waals surface area (Å²) in [4.78, 5) is 22.2. The molecule has 0 saturated heterocycles. The molecule has 0 amide bonds. The fourth-order valence-corrected chi connectivity index (χ4v) is 1.49. The molecule has 0 spiro atoms. The van der Waals surface area contributed by atoms with E-state index in [9.17, 15) is 9.59 Å². The third-order valence-electron chi connectivity index (χ3n) is 2.35. The third-order valence-corrected chi connectivity index (χ3v) is 2.35. The first-order valence-corrected chi connectivity index (χ1v) is 5.79. The molecule has 0 aliphatic heterocycles. The zero-order valence-corrected chi connectivity index (χ0v) is 10.3. The van der Waals surface area contributed by atoms with Gasteiger partial charge in [0.05, 0.1) is 13.0 Å². The molecule has 0 heterocycles. The van der Waals surface area contributed by atoms with Gasteiger partial charge in [-0.1, -0.05) is 30.3 Å². The van der Waals surface area contributed by atoms with E-state index in [0.29, 0.717) is 6.54 Å². The molecule has 98 valence electrons. The highest BCUT2D eigenvalue weighted by atomic mass is 16.5. The lowest BCUT2D eigenvalue weighted by Gasteiger charge is -2.15. The molecule has 0 aliphatic carbocycles. The van der Waals surface area contributed by atoms with E-state index < -0.39 is 18.0 Å². The number of ether oxygens (including phenoxy) is 1. The van der Waals surface area contributed by atoms with Gasteiger partial charge < -0.3 is 9.84 Å². The van der Waals surface area contributed by atoms with Gasteiger partial charge in [-0.3, -0.25) is 14.9 Å². The lowest BCUT2D eigenvalue weighted by Crippen LogP contribution is -2.39. The van der Waals surface area contributed by atoms with E-state index in [1.54, 1.807) is 6.92 Å². The van der Waals surface area contributed by atoms with Gasteiger partial charge in [0.15, 0.2) is 0 Å². The number of carbonyl (C=O) groups excluding carboxylic acids is 1. The SMILES string of the molecule is CCOC(=O)[C@H](CC(=O)O)NCc1ccccc1. The number of carbonyl (C=O) groups is 2. The van der Waals surface area contributed by atoms with Crippen LogP contribution in [0.5, 0.6) is 0 Å². The summed E-state index contributed by atoms with van der Waals surface area (Å²) in [7, 11) is 0. The summed E-state index contributed by atoms with van der Waals surface area (Å²) in [6.07, 6.45) is -0.286. The van der Waals surface area contributed by atoms with Crippen LogP contribution in [-0.2, 0) is 20.9 Å². The number of esters is 1. The van der Waals surface area contributed by atoms with Gasteiger partial charge in [0.2, 0.25) is 0 Å². The van der Waals surface area contributed by atoms with E-state index >= 15 is 0 Å². The Morgan fingerprint density at radius 1 is 1.33 bits per heavy atom. The van der Waals surface area contributed by atoms with Gasteiger partial charge in [-0.25, -0.2) is 0 Å². The minimum atomic E-state index is -1.03. The normalized spacial score (nSPS) is 11.8. The van der Waals surface area contributed by atoms with Crippen molar-refractivity contribution in [2.75, 3.05) is 6.61 Å². The smallest absolute Gasteiger partial charge is 0.323 e. The van der Waals surface area contributed by atoms with Gasteiger partial charge in [-0.15, -0.1) is 0 Å². The van der Waals surface area contributed by atoms with Crippen LogP contribution in [0.4, 0.5) is 0 Å². The molecule has 0 aliphatic rings. The van der Waals surface area contributed by atoms with Crippen LogP contribution in [0.25, 0.3) is 0 Å². The molecule has 0 radical (unpaired) electrons. The van der Waals surface area contributed by atoms with Crippen LogP contribution in [0.2, 0.25) is 0 Å². The summed E-state index contributed by atoms with van der Waals surface area (Å²) in [5.74, 6) is -1.57. The van der Waals surface area contributed by atoms with Crippen LogP contribution in [0.3, 0.4) is 0 Å². The Balaban J connectivity index is 2.55. The largest absolute Gasteiger partial charge is 0.481 e. The van der Waals surface area contributed by atoms with Gasteiger partial charge in [0, 0.05) is 6.54 Å². The fraction of sp³-hybridized carbons (Fsp3) is 0.385. The first kappa shape index (κ1) is 14.2. The number of hydrogen-bond donors (Lipinski definition) is 2. The number of rotatable bonds is 7. The second-order valence-corrected chi connectivity index (χ2v) is 3.77. The molecule has 5 nitrogen and oxygen atoms in total. The number of benzene rings is 1. The van der Waals surface area contributed by atoms with Gasteiger partial charge in [-0.05, 0) is 12.5 Å². The number of aliphatic carboxylic acids is 1. The van der Waals surface area contributed by atoms with E-state index in [2.05, 4.69) is 5.32 Å². The topological polar surface area (TPSA) is 75.6 Å². The Bertz CT molecular complexity index is 391. The summed E-state index contributed by atoms with van der Waals surface area (Å²) < 4.78 is 4.83. The Kier molecular flexibility index (Phi) is 5.87. The van der Waals surface area contributed by atoms with Gasteiger partial charge >= 0.3 is 11.9 Å². The van der Waals surface area contributed by atoms with Gasteiger partial charge in [-0.2, -0.15) is 0 Å². The van der Waals surface area contributed by atoms with Crippen molar-refractivity contribution in [3.63, 3.8) is 0 Å². The van der Waals surface area contributed by atoms with E-state index in [-0.39, 0.29) is 13.0 Å². The molecule has 2 N–H and O–H groups in total. The Hall–Kier alpha value is -1.88. The first-order chi connectivity index (χ1) is 8.63. The minimum absolute atomic E-state index is 0.238. The maximum Gasteiger partial charge on any atom is 0.323 e.